The van der Waals surface area contributed by atoms with Crippen LogP contribution in [0.15, 0.2) is 17.0 Å². The van der Waals surface area contributed by atoms with Gasteiger partial charge in [0.25, 0.3) is 0 Å². The highest BCUT2D eigenvalue weighted by Crippen LogP contribution is 2.28. The van der Waals surface area contributed by atoms with Crippen molar-refractivity contribution in [1.29, 1.82) is 0 Å². The summed E-state index contributed by atoms with van der Waals surface area (Å²) >= 11 is 5.76. The molecule has 2 atom stereocenters. The first-order chi connectivity index (χ1) is 9.27. The van der Waals surface area contributed by atoms with E-state index in [9.17, 15) is 18.2 Å². The lowest BCUT2D eigenvalue weighted by atomic mass is 10.3. The molecule has 0 bridgehead atoms. The van der Waals surface area contributed by atoms with Crippen LogP contribution in [0.2, 0.25) is 5.02 Å². The van der Waals surface area contributed by atoms with Crippen molar-refractivity contribution in [3.05, 3.63) is 23.0 Å². The zero-order valence-corrected chi connectivity index (χ0v) is 12.1. The molecule has 110 valence electrons. The first kappa shape index (κ1) is 16.4. The summed E-state index contributed by atoms with van der Waals surface area (Å²) in [6.07, 6.45) is 0. The van der Waals surface area contributed by atoms with Gasteiger partial charge in [0, 0.05) is 7.05 Å². The molecule has 9 heteroatoms. The van der Waals surface area contributed by atoms with Gasteiger partial charge in [-0.3, -0.25) is 9.00 Å². The molecule has 1 aromatic carbocycles. The number of rotatable bonds is 4. The van der Waals surface area contributed by atoms with E-state index < -0.39 is 33.9 Å². The van der Waals surface area contributed by atoms with E-state index in [1.807, 2.05) is 0 Å². The molecule has 0 aliphatic rings. The van der Waals surface area contributed by atoms with Crippen LogP contribution in [0.4, 0.5) is 14.9 Å². The summed E-state index contributed by atoms with van der Waals surface area (Å²) in [5.74, 6) is -2.09. The Bertz CT molecular complexity index is 582. The van der Waals surface area contributed by atoms with Gasteiger partial charge < -0.3 is 15.7 Å². The van der Waals surface area contributed by atoms with Gasteiger partial charge in [0.1, 0.15) is 11.1 Å². The minimum atomic E-state index is -1.98. The van der Waals surface area contributed by atoms with Crippen molar-refractivity contribution in [2.75, 3.05) is 12.4 Å². The molecule has 0 aliphatic carbocycles. The molecule has 0 aliphatic heterocycles. The zero-order chi connectivity index (χ0) is 15.4. The van der Waals surface area contributed by atoms with E-state index >= 15 is 0 Å². The number of urea groups is 1. The van der Waals surface area contributed by atoms with E-state index in [1.54, 1.807) is 0 Å². The molecule has 3 N–H and O–H groups in total. The van der Waals surface area contributed by atoms with Crippen LogP contribution in [0, 0.1) is 5.82 Å². The second kappa shape index (κ2) is 6.67. The zero-order valence-electron chi connectivity index (χ0n) is 10.6. The van der Waals surface area contributed by atoms with Crippen LogP contribution in [-0.4, -0.2) is 33.6 Å². The Morgan fingerprint density at radius 2 is 2.05 bits per heavy atom. The minimum Gasteiger partial charge on any atom is -0.480 e. The van der Waals surface area contributed by atoms with Gasteiger partial charge in [-0.15, -0.1) is 0 Å². The van der Waals surface area contributed by atoms with Crippen LogP contribution >= 0.6 is 11.6 Å². The molecule has 1 rings (SSSR count). The maximum absolute atomic E-state index is 13.6. The summed E-state index contributed by atoms with van der Waals surface area (Å²) in [4.78, 5) is 21.9. The van der Waals surface area contributed by atoms with Crippen LogP contribution in [0.5, 0.6) is 0 Å². The molecule has 2 amide bonds. The molecular weight excluding hydrogens is 311 g/mol. The number of hydrogen-bond donors (Lipinski definition) is 3. The number of halogens is 2. The van der Waals surface area contributed by atoms with Gasteiger partial charge in [0.05, 0.1) is 26.4 Å². The topological polar surface area (TPSA) is 95.5 Å². The van der Waals surface area contributed by atoms with Crippen LogP contribution in [-0.2, 0) is 15.6 Å². The van der Waals surface area contributed by atoms with Crippen molar-refractivity contribution in [3.63, 3.8) is 0 Å². The monoisotopic (exact) mass is 322 g/mol. The number of carboxylic acid groups (broad SMARTS) is 1. The Kier molecular flexibility index (Phi) is 5.46. The second-order valence-electron chi connectivity index (χ2n) is 3.74. The maximum Gasteiger partial charge on any atom is 0.319 e. The molecule has 0 saturated heterocycles. The molecule has 0 radical (unpaired) electrons. The number of carboxylic acids is 1. The lowest BCUT2D eigenvalue weighted by Gasteiger charge is -2.12. The van der Waals surface area contributed by atoms with Gasteiger partial charge in [0.2, 0.25) is 0 Å². The number of hydrogen-bond acceptors (Lipinski definition) is 3. The molecule has 0 fully saturated rings. The summed E-state index contributed by atoms with van der Waals surface area (Å²) in [6.45, 7) is 1.24. The quantitative estimate of drug-likeness (QED) is 0.787. The Balaban J connectivity index is 3.21. The smallest absolute Gasteiger partial charge is 0.319 e. The fraction of sp³-hybridized carbons (Fsp3) is 0.273. The summed E-state index contributed by atoms with van der Waals surface area (Å²) in [6, 6.07) is 1.26. The fourth-order valence-electron chi connectivity index (χ4n) is 1.25. The van der Waals surface area contributed by atoms with Crippen LogP contribution < -0.4 is 10.6 Å². The van der Waals surface area contributed by atoms with Gasteiger partial charge >= 0.3 is 12.0 Å². The van der Waals surface area contributed by atoms with Crippen molar-refractivity contribution in [2.45, 2.75) is 17.1 Å². The lowest BCUT2D eigenvalue weighted by Crippen LogP contribution is -2.25. The SMILES string of the molecule is CNC(=O)Nc1cc(S(=O)C(C)C(=O)O)c(Cl)cc1F. The Hall–Kier alpha value is -1.67. The standard InChI is InChI=1S/C11H12ClFN2O4S/c1-5(10(16)17)20(19)9-4-8(15-11(18)14-2)7(13)3-6(9)12/h3-5H,1-2H3,(H,16,17)(H2,14,15,18). The summed E-state index contributed by atoms with van der Waals surface area (Å²) < 4.78 is 25.6. The van der Waals surface area contributed by atoms with E-state index in [4.69, 9.17) is 16.7 Å². The fourth-order valence-corrected chi connectivity index (χ4v) is 2.67. The Labute approximate surface area is 121 Å². The predicted octanol–water partition coefficient (Wildman–Crippen LogP) is 1.81. The van der Waals surface area contributed by atoms with Crippen molar-refractivity contribution >= 4 is 40.1 Å². The van der Waals surface area contributed by atoms with Gasteiger partial charge in [0.15, 0.2) is 0 Å². The van der Waals surface area contributed by atoms with Crippen LogP contribution in [0.25, 0.3) is 0 Å². The summed E-state index contributed by atoms with van der Waals surface area (Å²) in [5, 5.41) is 11.8. The number of carbonyl (C=O) groups is 2. The highest BCUT2D eigenvalue weighted by atomic mass is 35.5. The van der Waals surface area contributed by atoms with E-state index in [-0.39, 0.29) is 15.6 Å². The molecule has 0 saturated carbocycles. The van der Waals surface area contributed by atoms with Gasteiger partial charge in [-0.2, -0.15) is 0 Å². The molecule has 2 unspecified atom stereocenters. The summed E-state index contributed by atoms with van der Waals surface area (Å²) in [5.41, 5.74) is -0.241. The molecule has 1 aromatic rings. The molecule has 6 nitrogen and oxygen atoms in total. The maximum atomic E-state index is 13.6. The normalized spacial score (nSPS) is 13.4. The van der Waals surface area contributed by atoms with Crippen molar-refractivity contribution in [3.8, 4) is 0 Å². The molecule has 0 aromatic heterocycles. The number of amides is 2. The molecule has 0 spiro atoms. The van der Waals surface area contributed by atoms with Crippen molar-refractivity contribution < 1.29 is 23.3 Å². The van der Waals surface area contributed by atoms with E-state index in [2.05, 4.69) is 10.6 Å². The number of benzene rings is 1. The number of carbonyl (C=O) groups excluding carboxylic acids is 1. The lowest BCUT2D eigenvalue weighted by molar-refractivity contribution is -0.136. The Morgan fingerprint density at radius 1 is 1.45 bits per heavy atom. The number of nitrogens with one attached hydrogen (secondary N) is 2. The molecule has 20 heavy (non-hydrogen) atoms. The van der Waals surface area contributed by atoms with Gasteiger partial charge in [-0.1, -0.05) is 11.6 Å². The highest BCUT2D eigenvalue weighted by Gasteiger charge is 2.24. The second-order valence-corrected chi connectivity index (χ2v) is 5.89. The Morgan fingerprint density at radius 3 is 2.55 bits per heavy atom. The van der Waals surface area contributed by atoms with Gasteiger partial charge in [-0.25, -0.2) is 9.18 Å². The third kappa shape index (κ3) is 3.67. The van der Waals surface area contributed by atoms with Crippen molar-refractivity contribution in [2.24, 2.45) is 0 Å². The minimum absolute atomic E-state index is 0.0608. The third-order valence-electron chi connectivity index (χ3n) is 2.38. The highest BCUT2D eigenvalue weighted by molar-refractivity contribution is 7.86. The first-order valence-corrected chi connectivity index (χ1v) is 6.98. The van der Waals surface area contributed by atoms with E-state index in [0.717, 1.165) is 12.1 Å². The van der Waals surface area contributed by atoms with Crippen molar-refractivity contribution in [1.82, 2.24) is 5.32 Å². The van der Waals surface area contributed by atoms with Crippen LogP contribution in [0.1, 0.15) is 6.92 Å². The van der Waals surface area contributed by atoms with E-state index in [1.165, 1.54) is 14.0 Å². The number of aliphatic carboxylic acids is 1. The third-order valence-corrected chi connectivity index (χ3v) is 4.42. The molecule has 0 heterocycles. The average Bonchev–Trinajstić information content (AvgIpc) is 2.39. The first-order valence-electron chi connectivity index (χ1n) is 5.39. The van der Waals surface area contributed by atoms with Crippen LogP contribution in [0.3, 0.4) is 0 Å². The average molecular weight is 323 g/mol. The van der Waals surface area contributed by atoms with Gasteiger partial charge in [-0.05, 0) is 19.1 Å². The largest absolute Gasteiger partial charge is 0.480 e. The molecular formula is C11H12ClFN2O4S. The number of anilines is 1. The van der Waals surface area contributed by atoms with E-state index in [0.29, 0.717) is 0 Å². The predicted molar refractivity (Wildman–Crippen MR) is 73.0 cm³/mol. The summed E-state index contributed by atoms with van der Waals surface area (Å²) in [7, 11) is -0.633.